The molecule has 16 heavy (non-hydrogen) atoms. The fourth-order valence-electron chi connectivity index (χ4n) is 1.14. The first kappa shape index (κ1) is 12.1. The van der Waals surface area contributed by atoms with Crippen molar-refractivity contribution in [2.45, 2.75) is 13.8 Å². The van der Waals surface area contributed by atoms with Crippen LogP contribution in [0.1, 0.15) is 19.4 Å². The molecule has 0 fully saturated rings. The van der Waals surface area contributed by atoms with E-state index in [9.17, 15) is 4.79 Å². The predicted molar refractivity (Wildman–Crippen MR) is 61.2 cm³/mol. The van der Waals surface area contributed by atoms with E-state index < -0.39 is 0 Å². The Bertz CT molecular complexity index is 433. The number of nitrogens with zero attached hydrogens (tertiary/aromatic N) is 1. The zero-order valence-electron chi connectivity index (χ0n) is 9.57. The lowest BCUT2D eigenvalue weighted by Gasteiger charge is -2.11. The topological polar surface area (TPSA) is 62.1 Å². The highest BCUT2D eigenvalue weighted by Gasteiger charge is 2.10. The zero-order valence-corrected chi connectivity index (χ0v) is 9.57. The standard InChI is InChI=1S/C12H14N2O2/c1-8(2)12(15)14-10-5-4-9(7-13)6-11(10)16-3/h4-6,8H,1-3H3,(H,14,15). The van der Waals surface area contributed by atoms with Gasteiger partial charge >= 0.3 is 0 Å². The summed E-state index contributed by atoms with van der Waals surface area (Å²) in [6.07, 6.45) is 0. The highest BCUT2D eigenvalue weighted by atomic mass is 16.5. The number of ether oxygens (including phenoxy) is 1. The average Bonchev–Trinajstić information content (AvgIpc) is 2.29. The summed E-state index contributed by atoms with van der Waals surface area (Å²) in [5.74, 6) is 0.316. The van der Waals surface area contributed by atoms with Gasteiger partial charge in [0.1, 0.15) is 5.75 Å². The second-order valence-corrected chi connectivity index (χ2v) is 3.67. The number of methoxy groups -OCH3 is 1. The summed E-state index contributed by atoms with van der Waals surface area (Å²) in [7, 11) is 1.50. The van der Waals surface area contributed by atoms with E-state index in [1.807, 2.05) is 19.9 Å². The largest absolute Gasteiger partial charge is 0.495 e. The third kappa shape index (κ3) is 2.74. The van der Waals surface area contributed by atoms with Crippen LogP contribution in [0.4, 0.5) is 5.69 Å². The lowest BCUT2D eigenvalue weighted by atomic mass is 10.1. The molecular formula is C12H14N2O2. The van der Waals surface area contributed by atoms with Crippen LogP contribution in [-0.2, 0) is 4.79 Å². The van der Waals surface area contributed by atoms with E-state index in [0.717, 1.165) is 0 Å². The molecule has 0 bridgehead atoms. The third-order valence-electron chi connectivity index (χ3n) is 2.11. The first-order valence-corrected chi connectivity index (χ1v) is 4.97. The second-order valence-electron chi connectivity index (χ2n) is 3.67. The van der Waals surface area contributed by atoms with Gasteiger partial charge in [0.05, 0.1) is 24.4 Å². The number of hydrogen-bond acceptors (Lipinski definition) is 3. The molecule has 0 radical (unpaired) electrons. The van der Waals surface area contributed by atoms with Crippen LogP contribution in [0.3, 0.4) is 0 Å². The maximum Gasteiger partial charge on any atom is 0.227 e. The minimum absolute atomic E-state index is 0.0805. The molecule has 4 nitrogen and oxygen atoms in total. The Morgan fingerprint density at radius 2 is 2.19 bits per heavy atom. The first-order chi connectivity index (χ1) is 7.58. The fraction of sp³-hybridized carbons (Fsp3) is 0.333. The van der Waals surface area contributed by atoms with E-state index in [4.69, 9.17) is 10.00 Å². The van der Waals surface area contributed by atoms with Crippen LogP contribution < -0.4 is 10.1 Å². The summed E-state index contributed by atoms with van der Waals surface area (Å²) in [5.41, 5.74) is 1.08. The molecule has 1 amide bonds. The monoisotopic (exact) mass is 218 g/mol. The molecule has 84 valence electrons. The van der Waals surface area contributed by atoms with Crippen molar-refractivity contribution in [1.82, 2.24) is 0 Å². The molecule has 0 aliphatic rings. The molecule has 0 atom stereocenters. The summed E-state index contributed by atoms with van der Waals surface area (Å²) in [4.78, 5) is 11.5. The number of benzene rings is 1. The number of anilines is 1. The van der Waals surface area contributed by atoms with E-state index in [-0.39, 0.29) is 11.8 Å². The highest BCUT2D eigenvalue weighted by molar-refractivity contribution is 5.93. The summed E-state index contributed by atoms with van der Waals surface area (Å²) >= 11 is 0. The Balaban J connectivity index is 2.97. The molecular weight excluding hydrogens is 204 g/mol. The molecule has 0 aromatic heterocycles. The van der Waals surface area contributed by atoms with Crippen LogP contribution in [0, 0.1) is 17.2 Å². The smallest absolute Gasteiger partial charge is 0.227 e. The molecule has 0 aliphatic carbocycles. The Morgan fingerprint density at radius 1 is 1.50 bits per heavy atom. The molecule has 1 aromatic carbocycles. The van der Waals surface area contributed by atoms with Crippen molar-refractivity contribution in [2.75, 3.05) is 12.4 Å². The number of nitrogens with one attached hydrogen (secondary N) is 1. The zero-order chi connectivity index (χ0) is 12.1. The minimum Gasteiger partial charge on any atom is -0.495 e. The van der Waals surface area contributed by atoms with Crippen molar-refractivity contribution >= 4 is 11.6 Å². The lowest BCUT2D eigenvalue weighted by Crippen LogP contribution is -2.18. The van der Waals surface area contributed by atoms with Gasteiger partial charge in [0.15, 0.2) is 0 Å². The van der Waals surface area contributed by atoms with Gasteiger partial charge in [0, 0.05) is 12.0 Å². The molecule has 0 saturated heterocycles. The summed E-state index contributed by atoms with van der Waals surface area (Å²) in [6, 6.07) is 6.91. The molecule has 1 N–H and O–H groups in total. The number of carbonyl (C=O) groups is 1. The van der Waals surface area contributed by atoms with Crippen LogP contribution in [0.25, 0.3) is 0 Å². The van der Waals surface area contributed by atoms with Gasteiger partial charge in [-0.3, -0.25) is 4.79 Å². The van der Waals surface area contributed by atoms with Gasteiger partial charge in [-0.25, -0.2) is 0 Å². The van der Waals surface area contributed by atoms with E-state index in [0.29, 0.717) is 17.0 Å². The van der Waals surface area contributed by atoms with Gasteiger partial charge in [-0.15, -0.1) is 0 Å². The Hall–Kier alpha value is -2.02. The van der Waals surface area contributed by atoms with Crippen LogP contribution in [0.15, 0.2) is 18.2 Å². The Kier molecular flexibility index (Phi) is 3.90. The van der Waals surface area contributed by atoms with Gasteiger partial charge in [0.25, 0.3) is 0 Å². The summed E-state index contributed by atoms with van der Waals surface area (Å²) in [5, 5.41) is 11.5. The number of nitriles is 1. The molecule has 4 heteroatoms. The normalized spacial score (nSPS) is 9.69. The number of rotatable bonds is 3. The molecule has 0 spiro atoms. The van der Waals surface area contributed by atoms with Crippen LogP contribution in [0.5, 0.6) is 5.75 Å². The number of hydrogen-bond donors (Lipinski definition) is 1. The van der Waals surface area contributed by atoms with Gasteiger partial charge < -0.3 is 10.1 Å². The van der Waals surface area contributed by atoms with Gasteiger partial charge in [-0.1, -0.05) is 13.8 Å². The molecule has 0 aliphatic heterocycles. The van der Waals surface area contributed by atoms with Crippen LogP contribution in [0.2, 0.25) is 0 Å². The SMILES string of the molecule is COc1cc(C#N)ccc1NC(=O)C(C)C. The number of carbonyl (C=O) groups excluding carboxylic acids is 1. The second kappa shape index (κ2) is 5.17. The molecule has 0 heterocycles. The maximum absolute atomic E-state index is 11.5. The highest BCUT2D eigenvalue weighted by Crippen LogP contribution is 2.25. The summed E-state index contributed by atoms with van der Waals surface area (Å²) in [6.45, 7) is 3.62. The fourth-order valence-corrected chi connectivity index (χ4v) is 1.14. The van der Waals surface area contributed by atoms with Gasteiger partial charge in [-0.2, -0.15) is 5.26 Å². The Labute approximate surface area is 94.8 Å². The molecule has 0 saturated carbocycles. The average molecular weight is 218 g/mol. The van der Waals surface area contributed by atoms with E-state index >= 15 is 0 Å². The van der Waals surface area contributed by atoms with Crippen molar-refractivity contribution in [3.05, 3.63) is 23.8 Å². The lowest BCUT2D eigenvalue weighted by molar-refractivity contribution is -0.118. The summed E-state index contributed by atoms with van der Waals surface area (Å²) < 4.78 is 5.10. The van der Waals surface area contributed by atoms with Crippen molar-refractivity contribution in [2.24, 2.45) is 5.92 Å². The van der Waals surface area contributed by atoms with Gasteiger partial charge in [0.2, 0.25) is 5.91 Å². The number of amides is 1. The van der Waals surface area contributed by atoms with E-state index in [1.54, 1.807) is 18.2 Å². The molecule has 1 aromatic rings. The van der Waals surface area contributed by atoms with E-state index in [2.05, 4.69) is 5.32 Å². The van der Waals surface area contributed by atoms with Crippen molar-refractivity contribution in [3.63, 3.8) is 0 Å². The first-order valence-electron chi connectivity index (χ1n) is 4.97. The molecule has 0 unspecified atom stereocenters. The third-order valence-corrected chi connectivity index (χ3v) is 2.11. The van der Waals surface area contributed by atoms with Crippen molar-refractivity contribution in [3.8, 4) is 11.8 Å². The Morgan fingerprint density at radius 3 is 2.69 bits per heavy atom. The van der Waals surface area contributed by atoms with Crippen molar-refractivity contribution < 1.29 is 9.53 Å². The quantitative estimate of drug-likeness (QED) is 0.845. The van der Waals surface area contributed by atoms with E-state index in [1.165, 1.54) is 7.11 Å². The maximum atomic E-state index is 11.5. The van der Waals surface area contributed by atoms with Gasteiger partial charge in [-0.05, 0) is 12.1 Å². The minimum atomic E-state index is -0.0969. The van der Waals surface area contributed by atoms with Crippen LogP contribution >= 0.6 is 0 Å². The van der Waals surface area contributed by atoms with Crippen LogP contribution in [-0.4, -0.2) is 13.0 Å². The molecule has 1 rings (SSSR count). The van der Waals surface area contributed by atoms with Crippen molar-refractivity contribution in [1.29, 1.82) is 5.26 Å². The predicted octanol–water partition coefficient (Wildman–Crippen LogP) is 2.16.